The number of hydrogen-bond acceptors (Lipinski definition) is 6. The fourth-order valence-electron chi connectivity index (χ4n) is 3.18. The summed E-state index contributed by atoms with van der Waals surface area (Å²) in [5.74, 6) is -0.825. The minimum absolute atomic E-state index is 0. The summed E-state index contributed by atoms with van der Waals surface area (Å²) < 4.78 is 7.57. The fourth-order valence-corrected chi connectivity index (χ4v) is 4.37. The van der Waals surface area contributed by atoms with Gasteiger partial charge in [0.05, 0.1) is 5.69 Å². The Kier molecular flexibility index (Phi) is 9.84. The highest BCUT2D eigenvalue weighted by Crippen LogP contribution is 2.26. The molecule has 8 nitrogen and oxygen atoms in total. The van der Waals surface area contributed by atoms with E-state index in [2.05, 4.69) is 31.6 Å². The molecule has 0 aliphatic carbocycles. The summed E-state index contributed by atoms with van der Waals surface area (Å²) in [7, 11) is 0. The lowest BCUT2D eigenvalue weighted by Crippen LogP contribution is -2.33. The number of esters is 1. The highest BCUT2D eigenvalue weighted by Gasteiger charge is 2.23. The second kappa shape index (κ2) is 11.9. The maximum Gasteiger partial charge on any atom is 0.324 e. The van der Waals surface area contributed by atoms with Crippen LogP contribution in [0.4, 0.5) is 5.69 Å². The van der Waals surface area contributed by atoms with Crippen molar-refractivity contribution >= 4 is 63.1 Å². The van der Waals surface area contributed by atoms with E-state index < -0.39 is 5.91 Å². The number of benzene rings is 1. The van der Waals surface area contributed by atoms with Gasteiger partial charge in [-0.05, 0) is 58.9 Å². The molecule has 0 bridgehead atoms. The molecule has 11 heteroatoms. The lowest BCUT2D eigenvalue weighted by molar-refractivity contribution is -0.149. The van der Waals surface area contributed by atoms with Crippen molar-refractivity contribution in [3.05, 3.63) is 44.6 Å². The van der Waals surface area contributed by atoms with Gasteiger partial charge in [0, 0.05) is 28.0 Å². The molecule has 2 aromatic rings. The van der Waals surface area contributed by atoms with Gasteiger partial charge < -0.3 is 15.4 Å². The molecule has 1 unspecified atom stereocenters. The summed E-state index contributed by atoms with van der Waals surface area (Å²) in [5.41, 5.74) is 0.843. The van der Waals surface area contributed by atoms with E-state index in [1.165, 1.54) is 11.3 Å². The number of aromatic nitrogens is 1. The second-order valence-corrected chi connectivity index (χ2v) is 10.5. The topological polar surface area (TPSA) is 102 Å². The first-order valence-corrected chi connectivity index (χ1v) is 12.0. The van der Waals surface area contributed by atoms with Gasteiger partial charge in [-0.15, -0.1) is 23.7 Å². The number of rotatable bonds is 6. The molecule has 0 saturated carbocycles. The van der Waals surface area contributed by atoms with Crippen LogP contribution in [-0.2, 0) is 21.1 Å². The minimum Gasteiger partial charge on any atom is -0.443 e. The Balaban J connectivity index is 0.00000385. The average molecular weight is 560 g/mol. The Morgan fingerprint density at radius 3 is 2.73 bits per heavy atom. The molecule has 3 rings (SSSR count). The van der Waals surface area contributed by atoms with Crippen LogP contribution in [0, 0.1) is 5.41 Å². The first-order valence-electron chi connectivity index (χ1n) is 10.3. The van der Waals surface area contributed by atoms with Crippen LogP contribution in [-0.4, -0.2) is 34.9 Å². The number of halogens is 2. The minimum atomic E-state index is -0.432. The van der Waals surface area contributed by atoms with Crippen LogP contribution in [0.2, 0.25) is 0 Å². The van der Waals surface area contributed by atoms with Gasteiger partial charge in [0.1, 0.15) is 6.04 Å². The van der Waals surface area contributed by atoms with Crippen LogP contribution in [0.15, 0.2) is 39.2 Å². The molecule has 1 aromatic heterocycles. The highest BCUT2D eigenvalue weighted by molar-refractivity contribution is 9.10. The summed E-state index contributed by atoms with van der Waals surface area (Å²) >= 11 is 4.69. The van der Waals surface area contributed by atoms with Crippen LogP contribution >= 0.6 is 39.7 Å². The number of thiazole rings is 1. The standard InChI is InChI=1S/C22H27BrN4O4S.ClH/c1-22(2,3)12-18(28)25-16-7-6-14(11-15(16)23)19(29)26-21-27(9-10-32-21)13-31-20(30)17-5-4-8-24-17;/h6-7,9-11,17,24H,4-5,8,12-13H2,1-3H3,(H,25,28);1H. The van der Waals surface area contributed by atoms with Crippen molar-refractivity contribution in [1.29, 1.82) is 0 Å². The van der Waals surface area contributed by atoms with Crippen LogP contribution < -0.4 is 15.4 Å². The van der Waals surface area contributed by atoms with Gasteiger partial charge >= 0.3 is 5.97 Å². The Morgan fingerprint density at radius 2 is 2.09 bits per heavy atom. The van der Waals surface area contributed by atoms with Crippen molar-refractivity contribution in [3.8, 4) is 0 Å². The van der Waals surface area contributed by atoms with Gasteiger partial charge in [0.25, 0.3) is 5.91 Å². The summed E-state index contributed by atoms with van der Waals surface area (Å²) in [6.45, 7) is 6.79. The normalized spacial score (nSPS) is 16.2. The molecule has 1 atom stereocenters. The van der Waals surface area contributed by atoms with Gasteiger partial charge in [0.2, 0.25) is 5.91 Å². The predicted octanol–water partition coefficient (Wildman–Crippen LogP) is 4.10. The van der Waals surface area contributed by atoms with Gasteiger partial charge in [-0.25, -0.2) is 0 Å². The summed E-state index contributed by atoms with van der Waals surface area (Å²) in [5, 5.41) is 7.73. The lowest BCUT2D eigenvalue weighted by Gasteiger charge is -2.17. The van der Waals surface area contributed by atoms with Gasteiger partial charge in [-0.1, -0.05) is 20.8 Å². The molecule has 180 valence electrons. The molecule has 1 aliphatic rings. The van der Waals surface area contributed by atoms with Crippen LogP contribution in [0.5, 0.6) is 0 Å². The third-order valence-electron chi connectivity index (χ3n) is 4.73. The van der Waals surface area contributed by atoms with Crippen LogP contribution in [0.1, 0.15) is 50.4 Å². The van der Waals surface area contributed by atoms with Crippen molar-refractivity contribution in [2.45, 2.75) is 52.8 Å². The molecule has 1 aliphatic heterocycles. The number of carbonyl (C=O) groups is 3. The highest BCUT2D eigenvalue weighted by atomic mass is 79.9. The zero-order valence-corrected chi connectivity index (χ0v) is 21.9. The summed E-state index contributed by atoms with van der Waals surface area (Å²) in [4.78, 5) is 41.6. The quantitative estimate of drug-likeness (QED) is 0.519. The number of anilines is 1. The Bertz CT molecular complexity index is 1070. The lowest BCUT2D eigenvalue weighted by atomic mass is 9.92. The van der Waals surface area contributed by atoms with E-state index in [1.54, 1.807) is 34.3 Å². The number of nitrogens with zero attached hydrogens (tertiary/aromatic N) is 2. The van der Waals surface area contributed by atoms with Gasteiger partial charge in [-0.3, -0.25) is 19.0 Å². The van der Waals surface area contributed by atoms with Crippen molar-refractivity contribution < 1.29 is 19.1 Å². The van der Waals surface area contributed by atoms with E-state index in [9.17, 15) is 14.4 Å². The predicted molar refractivity (Wildman–Crippen MR) is 133 cm³/mol. The summed E-state index contributed by atoms with van der Waals surface area (Å²) in [6, 6.07) is 4.65. The largest absolute Gasteiger partial charge is 0.443 e. The monoisotopic (exact) mass is 558 g/mol. The first-order chi connectivity index (χ1) is 15.1. The third-order valence-corrected chi connectivity index (χ3v) is 6.18. The van der Waals surface area contributed by atoms with Crippen LogP contribution in [0.3, 0.4) is 0 Å². The third kappa shape index (κ3) is 8.06. The molecule has 1 fully saturated rings. The van der Waals surface area contributed by atoms with E-state index in [4.69, 9.17) is 4.74 Å². The number of nitrogens with one attached hydrogen (secondary N) is 2. The maximum atomic E-state index is 12.7. The fraction of sp³-hybridized carbons (Fsp3) is 0.455. The molecule has 2 heterocycles. The maximum absolute atomic E-state index is 12.7. The molecule has 1 saturated heterocycles. The van der Waals surface area contributed by atoms with Crippen LogP contribution in [0.25, 0.3) is 0 Å². The zero-order chi connectivity index (χ0) is 23.3. The van der Waals surface area contributed by atoms with E-state index in [-0.39, 0.29) is 42.5 Å². The number of ether oxygens (including phenoxy) is 1. The van der Waals surface area contributed by atoms with Crippen molar-refractivity contribution in [2.24, 2.45) is 10.4 Å². The number of hydrogen-bond donors (Lipinski definition) is 2. The first kappa shape index (κ1) is 27.2. The van der Waals surface area contributed by atoms with E-state index >= 15 is 0 Å². The Morgan fingerprint density at radius 1 is 1.33 bits per heavy atom. The second-order valence-electron chi connectivity index (χ2n) is 8.79. The zero-order valence-electron chi connectivity index (χ0n) is 18.7. The van der Waals surface area contributed by atoms with Gasteiger partial charge in [0.15, 0.2) is 11.5 Å². The molecule has 2 N–H and O–H groups in total. The molecule has 0 radical (unpaired) electrons. The molecule has 2 amide bonds. The Hall–Kier alpha value is -2.01. The summed E-state index contributed by atoms with van der Waals surface area (Å²) in [6.07, 6.45) is 3.82. The average Bonchev–Trinajstić information content (AvgIpc) is 3.38. The van der Waals surface area contributed by atoms with E-state index in [1.807, 2.05) is 20.8 Å². The SMILES string of the molecule is CC(C)(C)CC(=O)Nc1ccc(C(=O)N=c2sccn2COC(=O)C2CCCN2)cc1Br.Cl. The molecule has 1 aromatic carbocycles. The van der Waals surface area contributed by atoms with Crippen molar-refractivity contribution in [1.82, 2.24) is 9.88 Å². The molecule has 0 spiro atoms. The van der Waals surface area contributed by atoms with E-state index in [0.29, 0.717) is 26.9 Å². The molecule has 33 heavy (non-hydrogen) atoms. The number of carbonyl (C=O) groups excluding carboxylic acids is 3. The van der Waals surface area contributed by atoms with E-state index in [0.717, 1.165) is 19.4 Å². The molecular formula is C22H28BrClN4O4S. The molecular weight excluding hydrogens is 532 g/mol. The smallest absolute Gasteiger partial charge is 0.324 e. The van der Waals surface area contributed by atoms with Gasteiger partial charge in [-0.2, -0.15) is 4.99 Å². The Labute approximate surface area is 211 Å². The number of amides is 2. The van der Waals surface area contributed by atoms with Crippen molar-refractivity contribution in [3.63, 3.8) is 0 Å². The van der Waals surface area contributed by atoms with Crippen molar-refractivity contribution in [2.75, 3.05) is 11.9 Å².